The van der Waals surface area contributed by atoms with Crippen molar-refractivity contribution >= 4 is 11.6 Å². The quantitative estimate of drug-likeness (QED) is 0.838. The predicted octanol–water partition coefficient (Wildman–Crippen LogP) is 1.62. The number of carbonyl (C=O) groups excluding carboxylic acids is 1. The zero-order valence-corrected chi connectivity index (χ0v) is 12.7. The topological polar surface area (TPSA) is 44.4 Å². The Bertz CT molecular complexity index is 463. The maximum absolute atomic E-state index is 12.9. The molecule has 1 aromatic carbocycles. The fourth-order valence-electron chi connectivity index (χ4n) is 2.70. The standard InChI is InChI=1S/C16H24FN3O/c1-12(9-18-2)16(21)19-10-13-7-8-20(11-13)15-5-3-14(17)4-6-15/h3-6,12-13,18H,7-11H2,1-2H3,(H,19,21). The van der Waals surface area contributed by atoms with Gasteiger partial charge in [0.05, 0.1) is 0 Å². The normalized spacial score (nSPS) is 19.6. The maximum atomic E-state index is 12.9. The van der Waals surface area contributed by atoms with E-state index in [1.54, 1.807) is 0 Å². The molecule has 1 heterocycles. The molecular weight excluding hydrogens is 269 g/mol. The molecular formula is C16H24FN3O. The van der Waals surface area contributed by atoms with Gasteiger partial charge >= 0.3 is 0 Å². The molecule has 0 bridgehead atoms. The van der Waals surface area contributed by atoms with E-state index in [4.69, 9.17) is 0 Å². The average molecular weight is 293 g/mol. The zero-order valence-electron chi connectivity index (χ0n) is 12.7. The Morgan fingerprint density at radius 1 is 1.43 bits per heavy atom. The lowest BCUT2D eigenvalue weighted by Crippen LogP contribution is -2.37. The molecule has 2 N–H and O–H groups in total. The molecule has 0 aromatic heterocycles. The van der Waals surface area contributed by atoms with Crippen LogP contribution in [0.25, 0.3) is 0 Å². The monoisotopic (exact) mass is 293 g/mol. The lowest BCUT2D eigenvalue weighted by molar-refractivity contribution is -0.124. The SMILES string of the molecule is CNCC(C)C(=O)NCC1CCN(c2ccc(F)cc2)C1. The van der Waals surface area contributed by atoms with Crippen molar-refractivity contribution in [3.8, 4) is 0 Å². The molecule has 0 saturated carbocycles. The van der Waals surface area contributed by atoms with Crippen LogP contribution in [0.5, 0.6) is 0 Å². The van der Waals surface area contributed by atoms with Gasteiger partial charge in [-0.2, -0.15) is 0 Å². The third-order valence-corrected chi connectivity index (χ3v) is 4.00. The van der Waals surface area contributed by atoms with Gasteiger partial charge in [0, 0.05) is 37.8 Å². The van der Waals surface area contributed by atoms with Crippen molar-refractivity contribution in [2.24, 2.45) is 11.8 Å². The molecule has 1 aliphatic heterocycles. The van der Waals surface area contributed by atoms with Crippen molar-refractivity contribution in [2.75, 3.05) is 38.1 Å². The number of rotatable bonds is 6. The summed E-state index contributed by atoms with van der Waals surface area (Å²) in [5.41, 5.74) is 1.05. The largest absolute Gasteiger partial charge is 0.371 e. The Morgan fingerprint density at radius 3 is 2.81 bits per heavy atom. The van der Waals surface area contributed by atoms with Crippen LogP contribution in [-0.2, 0) is 4.79 Å². The molecule has 0 aliphatic carbocycles. The van der Waals surface area contributed by atoms with Crippen molar-refractivity contribution in [3.63, 3.8) is 0 Å². The number of nitrogens with zero attached hydrogens (tertiary/aromatic N) is 1. The minimum atomic E-state index is -0.208. The molecule has 5 heteroatoms. The van der Waals surface area contributed by atoms with Crippen LogP contribution in [0.3, 0.4) is 0 Å². The van der Waals surface area contributed by atoms with Crippen LogP contribution in [0.2, 0.25) is 0 Å². The fourth-order valence-corrected chi connectivity index (χ4v) is 2.70. The fraction of sp³-hybridized carbons (Fsp3) is 0.562. The Morgan fingerprint density at radius 2 is 2.14 bits per heavy atom. The van der Waals surface area contributed by atoms with Crippen molar-refractivity contribution in [1.29, 1.82) is 0 Å². The molecule has 1 aromatic rings. The van der Waals surface area contributed by atoms with Crippen molar-refractivity contribution < 1.29 is 9.18 Å². The van der Waals surface area contributed by atoms with E-state index >= 15 is 0 Å². The number of nitrogens with one attached hydrogen (secondary N) is 2. The molecule has 116 valence electrons. The second kappa shape index (κ2) is 7.41. The Kier molecular flexibility index (Phi) is 5.56. The maximum Gasteiger partial charge on any atom is 0.224 e. The van der Waals surface area contributed by atoms with Gasteiger partial charge in [-0.25, -0.2) is 4.39 Å². The smallest absolute Gasteiger partial charge is 0.224 e. The van der Waals surface area contributed by atoms with Gasteiger partial charge in [-0.05, 0) is 43.7 Å². The van der Waals surface area contributed by atoms with Crippen molar-refractivity contribution in [1.82, 2.24) is 10.6 Å². The molecule has 0 radical (unpaired) electrons. The summed E-state index contributed by atoms with van der Waals surface area (Å²) in [5, 5.41) is 6.03. The van der Waals surface area contributed by atoms with Crippen LogP contribution >= 0.6 is 0 Å². The number of anilines is 1. The molecule has 2 unspecified atom stereocenters. The summed E-state index contributed by atoms with van der Waals surface area (Å²) in [6.07, 6.45) is 1.05. The Labute approximate surface area is 125 Å². The van der Waals surface area contributed by atoms with Crippen molar-refractivity contribution in [2.45, 2.75) is 13.3 Å². The summed E-state index contributed by atoms with van der Waals surface area (Å²) in [5.74, 6) is 0.343. The minimum Gasteiger partial charge on any atom is -0.371 e. The highest BCUT2D eigenvalue weighted by Crippen LogP contribution is 2.23. The predicted molar refractivity (Wildman–Crippen MR) is 82.8 cm³/mol. The first-order valence-electron chi connectivity index (χ1n) is 7.53. The zero-order chi connectivity index (χ0) is 15.2. The first-order chi connectivity index (χ1) is 10.1. The number of hydrogen-bond acceptors (Lipinski definition) is 3. The van der Waals surface area contributed by atoms with E-state index in [-0.39, 0.29) is 17.6 Å². The van der Waals surface area contributed by atoms with Gasteiger partial charge in [0.1, 0.15) is 5.82 Å². The molecule has 2 rings (SSSR count). The highest BCUT2D eigenvalue weighted by atomic mass is 19.1. The van der Waals surface area contributed by atoms with Crippen LogP contribution in [0, 0.1) is 17.7 Å². The number of amides is 1. The second-order valence-electron chi connectivity index (χ2n) is 5.78. The molecule has 0 spiro atoms. The molecule has 2 atom stereocenters. The number of benzene rings is 1. The van der Waals surface area contributed by atoms with Gasteiger partial charge < -0.3 is 15.5 Å². The van der Waals surface area contributed by atoms with Crippen LogP contribution in [0.4, 0.5) is 10.1 Å². The van der Waals surface area contributed by atoms with E-state index in [1.807, 2.05) is 26.1 Å². The molecule has 4 nitrogen and oxygen atoms in total. The van der Waals surface area contributed by atoms with Gasteiger partial charge in [-0.15, -0.1) is 0 Å². The summed E-state index contributed by atoms with van der Waals surface area (Å²) >= 11 is 0. The van der Waals surface area contributed by atoms with Crippen LogP contribution in [-0.4, -0.2) is 39.1 Å². The van der Waals surface area contributed by atoms with Crippen LogP contribution in [0.15, 0.2) is 24.3 Å². The Balaban J connectivity index is 1.77. The van der Waals surface area contributed by atoms with E-state index in [0.29, 0.717) is 19.0 Å². The van der Waals surface area contributed by atoms with Crippen LogP contribution < -0.4 is 15.5 Å². The number of carbonyl (C=O) groups is 1. The third-order valence-electron chi connectivity index (χ3n) is 4.00. The van der Waals surface area contributed by atoms with E-state index in [0.717, 1.165) is 25.2 Å². The molecule has 1 fully saturated rings. The summed E-state index contributed by atoms with van der Waals surface area (Å²) in [6.45, 7) is 5.19. The molecule has 1 saturated heterocycles. The average Bonchev–Trinajstić information content (AvgIpc) is 2.94. The lowest BCUT2D eigenvalue weighted by atomic mass is 10.1. The lowest BCUT2D eigenvalue weighted by Gasteiger charge is -2.19. The first-order valence-corrected chi connectivity index (χ1v) is 7.53. The Hall–Kier alpha value is -1.62. The van der Waals surface area contributed by atoms with E-state index < -0.39 is 0 Å². The van der Waals surface area contributed by atoms with E-state index in [1.165, 1.54) is 12.1 Å². The third kappa shape index (κ3) is 4.43. The van der Waals surface area contributed by atoms with E-state index in [9.17, 15) is 9.18 Å². The van der Waals surface area contributed by atoms with Gasteiger partial charge in [0.15, 0.2) is 0 Å². The first kappa shape index (κ1) is 15.8. The minimum absolute atomic E-state index is 0.00963. The summed E-state index contributed by atoms with van der Waals surface area (Å²) in [6, 6.07) is 6.60. The summed E-state index contributed by atoms with van der Waals surface area (Å²) < 4.78 is 12.9. The van der Waals surface area contributed by atoms with Gasteiger partial charge in [-0.3, -0.25) is 4.79 Å². The summed E-state index contributed by atoms with van der Waals surface area (Å²) in [7, 11) is 1.85. The molecule has 1 aliphatic rings. The van der Waals surface area contributed by atoms with Gasteiger partial charge in [0.25, 0.3) is 0 Å². The molecule has 1 amide bonds. The van der Waals surface area contributed by atoms with Crippen molar-refractivity contribution in [3.05, 3.63) is 30.1 Å². The molecule has 21 heavy (non-hydrogen) atoms. The number of halogens is 1. The highest BCUT2D eigenvalue weighted by molar-refractivity contribution is 5.78. The highest BCUT2D eigenvalue weighted by Gasteiger charge is 2.23. The van der Waals surface area contributed by atoms with Gasteiger partial charge in [-0.1, -0.05) is 6.92 Å². The van der Waals surface area contributed by atoms with Gasteiger partial charge in [0.2, 0.25) is 5.91 Å². The summed E-state index contributed by atoms with van der Waals surface area (Å²) in [4.78, 5) is 14.1. The van der Waals surface area contributed by atoms with Crippen LogP contribution in [0.1, 0.15) is 13.3 Å². The second-order valence-corrected chi connectivity index (χ2v) is 5.78. The number of hydrogen-bond donors (Lipinski definition) is 2. The van der Waals surface area contributed by atoms with E-state index in [2.05, 4.69) is 15.5 Å².